The number of nitrogens with one attached hydrogen (secondary N) is 1. The first kappa shape index (κ1) is 14.7. The Morgan fingerprint density at radius 1 is 1.22 bits per heavy atom. The first-order valence-electron chi connectivity index (χ1n) is 6.67. The van der Waals surface area contributed by atoms with Gasteiger partial charge in [0.05, 0.1) is 0 Å². The van der Waals surface area contributed by atoms with E-state index in [-0.39, 0.29) is 0 Å². The molecule has 0 fully saturated rings. The molecule has 1 atom stereocenters. The van der Waals surface area contributed by atoms with Gasteiger partial charge < -0.3 is 10.4 Å². The third kappa shape index (κ3) is 4.88. The van der Waals surface area contributed by atoms with E-state index in [2.05, 4.69) is 19.2 Å². The van der Waals surface area contributed by atoms with Crippen LogP contribution in [0.25, 0.3) is 0 Å². The monoisotopic (exact) mass is 249 g/mol. The average Bonchev–Trinajstić information content (AvgIpc) is 2.39. The van der Waals surface area contributed by atoms with Crippen molar-refractivity contribution in [1.29, 1.82) is 0 Å². The van der Waals surface area contributed by atoms with Crippen LogP contribution >= 0.6 is 0 Å². The summed E-state index contributed by atoms with van der Waals surface area (Å²) >= 11 is 0. The van der Waals surface area contributed by atoms with Gasteiger partial charge in [-0.2, -0.15) is 0 Å². The number of carbonyl (C=O) groups is 1. The van der Waals surface area contributed by atoms with Crippen molar-refractivity contribution in [1.82, 2.24) is 5.32 Å². The lowest BCUT2D eigenvalue weighted by Crippen LogP contribution is -2.40. The Bertz CT molecular complexity index is 347. The second-order valence-corrected chi connectivity index (χ2v) is 4.67. The van der Waals surface area contributed by atoms with Gasteiger partial charge in [0.15, 0.2) is 0 Å². The Morgan fingerprint density at radius 2 is 1.83 bits per heavy atom. The van der Waals surface area contributed by atoms with Gasteiger partial charge in [-0.3, -0.25) is 4.79 Å². The van der Waals surface area contributed by atoms with E-state index in [1.54, 1.807) is 0 Å². The molecule has 3 nitrogen and oxygen atoms in total. The predicted octanol–water partition coefficient (Wildman–Crippen LogP) is 2.71. The van der Waals surface area contributed by atoms with Crippen molar-refractivity contribution < 1.29 is 9.90 Å². The molecule has 1 aromatic rings. The molecule has 0 bridgehead atoms. The summed E-state index contributed by atoms with van der Waals surface area (Å²) in [6.07, 6.45) is 2.71. The number of benzene rings is 1. The lowest BCUT2D eigenvalue weighted by Gasteiger charge is -2.18. The molecule has 0 radical (unpaired) electrons. The van der Waals surface area contributed by atoms with E-state index in [1.165, 1.54) is 0 Å². The van der Waals surface area contributed by atoms with E-state index in [9.17, 15) is 9.90 Å². The number of hydrogen-bond acceptors (Lipinski definition) is 2. The number of aliphatic carboxylic acids is 1. The van der Waals surface area contributed by atoms with Crippen LogP contribution in [-0.2, 0) is 11.2 Å². The van der Waals surface area contributed by atoms with Crippen molar-refractivity contribution in [3.63, 3.8) is 0 Å². The fourth-order valence-corrected chi connectivity index (χ4v) is 1.98. The molecule has 3 heteroatoms. The molecule has 0 saturated carbocycles. The molecule has 0 heterocycles. The quantitative estimate of drug-likeness (QED) is 0.744. The van der Waals surface area contributed by atoms with Crippen LogP contribution in [0, 0.1) is 5.92 Å². The lowest BCUT2D eigenvalue weighted by molar-refractivity contribution is -0.139. The van der Waals surface area contributed by atoms with Gasteiger partial charge in [-0.15, -0.1) is 0 Å². The van der Waals surface area contributed by atoms with Crippen LogP contribution in [0.5, 0.6) is 0 Å². The Balaban J connectivity index is 2.53. The van der Waals surface area contributed by atoms with Crippen LogP contribution in [0.2, 0.25) is 0 Å². The molecule has 18 heavy (non-hydrogen) atoms. The van der Waals surface area contributed by atoms with Crippen molar-refractivity contribution in [3.8, 4) is 0 Å². The second kappa shape index (κ2) is 7.88. The first-order valence-corrected chi connectivity index (χ1v) is 6.67. The normalized spacial score (nSPS) is 12.6. The van der Waals surface area contributed by atoms with Crippen LogP contribution in [0.3, 0.4) is 0 Å². The van der Waals surface area contributed by atoms with Gasteiger partial charge >= 0.3 is 5.97 Å². The summed E-state index contributed by atoms with van der Waals surface area (Å²) in [6, 6.07) is 9.26. The molecule has 0 aliphatic carbocycles. The molecule has 0 spiro atoms. The van der Waals surface area contributed by atoms with Crippen LogP contribution in [0.15, 0.2) is 30.3 Å². The third-order valence-electron chi connectivity index (χ3n) is 3.39. The Kier molecular flexibility index (Phi) is 6.44. The van der Waals surface area contributed by atoms with Crippen molar-refractivity contribution in [2.24, 2.45) is 5.92 Å². The fourth-order valence-electron chi connectivity index (χ4n) is 1.98. The van der Waals surface area contributed by atoms with E-state index >= 15 is 0 Å². The first-order chi connectivity index (χ1) is 8.67. The van der Waals surface area contributed by atoms with E-state index < -0.39 is 12.0 Å². The van der Waals surface area contributed by atoms with Crippen LogP contribution in [0.1, 0.15) is 32.3 Å². The molecule has 2 N–H and O–H groups in total. The highest BCUT2D eigenvalue weighted by molar-refractivity contribution is 5.73. The highest BCUT2D eigenvalue weighted by Crippen LogP contribution is 2.08. The van der Waals surface area contributed by atoms with E-state index in [4.69, 9.17) is 0 Å². The standard InChI is InChI=1S/C15H23NO2/c1-3-12(4-2)11-16-14(15(17)18)10-13-8-6-5-7-9-13/h5-9,12,14,16H,3-4,10-11H2,1-2H3,(H,17,18)/t14-/m0/s1. The largest absolute Gasteiger partial charge is 0.480 e. The smallest absolute Gasteiger partial charge is 0.321 e. The van der Waals surface area contributed by atoms with E-state index in [1.807, 2.05) is 30.3 Å². The van der Waals surface area contributed by atoms with Gasteiger partial charge in [-0.1, -0.05) is 57.0 Å². The van der Waals surface area contributed by atoms with Gasteiger partial charge in [0.1, 0.15) is 6.04 Å². The van der Waals surface area contributed by atoms with Crippen molar-refractivity contribution in [2.45, 2.75) is 39.2 Å². The van der Waals surface area contributed by atoms with Gasteiger partial charge in [0, 0.05) is 0 Å². The molecule has 0 unspecified atom stereocenters. The Morgan fingerprint density at radius 3 is 2.33 bits per heavy atom. The molecular weight excluding hydrogens is 226 g/mol. The fraction of sp³-hybridized carbons (Fsp3) is 0.533. The molecule has 0 aliphatic rings. The maximum absolute atomic E-state index is 11.2. The molecule has 0 amide bonds. The molecule has 1 rings (SSSR count). The minimum absolute atomic E-state index is 0.493. The Labute approximate surface area is 109 Å². The van der Waals surface area contributed by atoms with Crippen LogP contribution < -0.4 is 5.32 Å². The number of carboxylic acid groups (broad SMARTS) is 1. The minimum Gasteiger partial charge on any atom is -0.480 e. The number of rotatable bonds is 8. The highest BCUT2D eigenvalue weighted by Gasteiger charge is 2.18. The second-order valence-electron chi connectivity index (χ2n) is 4.67. The summed E-state index contributed by atoms with van der Waals surface area (Å²) in [4.78, 5) is 11.2. The SMILES string of the molecule is CCC(CC)CN[C@@H](Cc1ccccc1)C(=O)O. The summed E-state index contributed by atoms with van der Waals surface area (Å²) in [5.41, 5.74) is 1.06. The predicted molar refractivity (Wildman–Crippen MR) is 73.6 cm³/mol. The van der Waals surface area contributed by atoms with Gasteiger partial charge in [0.2, 0.25) is 0 Å². The zero-order valence-electron chi connectivity index (χ0n) is 11.2. The summed E-state index contributed by atoms with van der Waals surface area (Å²) in [6.45, 7) is 5.06. The van der Waals surface area contributed by atoms with Crippen LogP contribution in [-0.4, -0.2) is 23.7 Å². The summed E-state index contributed by atoms with van der Waals surface area (Å²) < 4.78 is 0. The Hall–Kier alpha value is -1.35. The zero-order chi connectivity index (χ0) is 13.4. The van der Waals surface area contributed by atoms with E-state index in [0.717, 1.165) is 24.9 Å². The maximum Gasteiger partial charge on any atom is 0.321 e. The maximum atomic E-state index is 11.2. The van der Waals surface area contributed by atoms with Gasteiger partial charge in [-0.25, -0.2) is 0 Å². The highest BCUT2D eigenvalue weighted by atomic mass is 16.4. The molecule has 1 aromatic carbocycles. The molecule has 100 valence electrons. The zero-order valence-corrected chi connectivity index (χ0v) is 11.2. The summed E-state index contributed by atoms with van der Waals surface area (Å²) in [7, 11) is 0. The third-order valence-corrected chi connectivity index (χ3v) is 3.39. The molecular formula is C15H23NO2. The topological polar surface area (TPSA) is 49.3 Å². The molecule has 0 aliphatic heterocycles. The van der Waals surface area contributed by atoms with Crippen molar-refractivity contribution in [3.05, 3.63) is 35.9 Å². The average molecular weight is 249 g/mol. The summed E-state index contributed by atoms with van der Waals surface area (Å²) in [5.74, 6) is -0.215. The van der Waals surface area contributed by atoms with Gasteiger partial charge in [-0.05, 0) is 24.4 Å². The number of hydrogen-bond donors (Lipinski definition) is 2. The van der Waals surface area contributed by atoms with Gasteiger partial charge in [0.25, 0.3) is 0 Å². The van der Waals surface area contributed by atoms with Crippen molar-refractivity contribution >= 4 is 5.97 Å². The minimum atomic E-state index is -0.773. The number of carboxylic acids is 1. The molecule has 0 saturated heterocycles. The summed E-state index contributed by atoms with van der Waals surface area (Å²) in [5, 5.41) is 12.4. The van der Waals surface area contributed by atoms with E-state index in [0.29, 0.717) is 12.3 Å². The molecule has 0 aromatic heterocycles. The lowest BCUT2D eigenvalue weighted by atomic mass is 10.0. The van der Waals surface area contributed by atoms with Crippen LogP contribution in [0.4, 0.5) is 0 Å². The van der Waals surface area contributed by atoms with Crippen molar-refractivity contribution in [2.75, 3.05) is 6.54 Å².